The van der Waals surface area contributed by atoms with Gasteiger partial charge in [0.15, 0.2) is 0 Å². The smallest absolute Gasteiger partial charge is 0.273 e. The Labute approximate surface area is 122 Å². The molecule has 0 bridgehead atoms. The van der Waals surface area contributed by atoms with E-state index in [1.54, 1.807) is 12.1 Å². The third-order valence-electron chi connectivity index (χ3n) is 3.20. The average Bonchev–Trinajstić information content (AvgIpc) is 2.53. The molecule has 0 saturated heterocycles. The normalized spacial score (nSPS) is 10.3. The number of rotatable bonds is 3. The highest BCUT2D eigenvalue weighted by atomic mass is 16.3. The Kier molecular flexibility index (Phi) is 3.43. The summed E-state index contributed by atoms with van der Waals surface area (Å²) in [4.78, 5) is 12.1. The number of amides is 1. The van der Waals surface area contributed by atoms with E-state index >= 15 is 0 Å². The number of carbonyl (C=O) groups is 1. The van der Waals surface area contributed by atoms with E-state index in [4.69, 9.17) is 0 Å². The van der Waals surface area contributed by atoms with Gasteiger partial charge in [-0.05, 0) is 35.0 Å². The number of aromatic hydroxyl groups is 1. The first-order valence-corrected chi connectivity index (χ1v) is 6.57. The first kappa shape index (κ1) is 13.0. The Hall–Kier alpha value is -3.01. The van der Waals surface area contributed by atoms with E-state index in [0.717, 1.165) is 16.5 Å². The molecule has 0 heterocycles. The van der Waals surface area contributed by atoms with Crippen LogP contribution in [0.1, 0.15) is 10.4 Å². The van der Waals surface area contributed by atoms with Crippen LogP contribution in [0.4, 0.5) is 5.69 Å². The van der Waals surface area contributed by atoms with Crippen LogP contribution >= 0.6 is 0 Å². The van der Waals surface area contributed by atoms with Crippen molar-refractivity contribution in [3.63, 3.8) is 0 Å². The van der Waals surface area contributed by atoms with Crippen molar-refractivity contribution in [1.82, 2.24) is 5.43 Å². The zero-order valence-corrected chi connectivity index (χ0v) is 11.2. The monoisotopic (exact) mass is 278 g/mol. The van der Waals surface area contributed by atoms with Gasteiger partial charge in [-0.3, -0.25) is 15.6 Å². The molecule has 104 valence electrons. The molecule has 4 nitrogen and oxygen atoms in total. The molecule has 0 unspecified atom stereocenters. The van der Waals surface area contributed by atoms with Crippen molar-refractivity contribution in [2.45, 2.75) is 0 Å². The molecule has 0 fully saturated rings. The second-order valence-electron chi connectivity index (χ2n) is 4.66. The van der Waals surface area contributed by atoms with Crippen LogP contribution in [0.3, 0.4) is 0 Å². The van der Waals surface area contributed by atoms with Crippen molar-refractivity contribution >= 4 is 22.4 Å². The van der Waals surface area contributed by atoms with Gasteiger partial charge in [0.05, 0.1) is 11.3 Å². The van der Waals surface area contributed by atoms with Crippen molar-refractivity contribution in [3.8, 4) is 5.75 Å². The van der Waals surface area contributed by atoms with Gasteiger partial charge in [-0.1, -0.05) is 42.5 Å². The van der Waals surface area contributed by atoms with E-state index in [-0.39, 0.29) is 17.2 Å². The maximum atomic E-state index is 12.1. The molecule has 3 aromatic rings. The number of benzene rings is 3. The molecule has 0 saturated carbocycles. The molecular weight excluding hydrogens is 264 g/mol. The third-order valence-corrected chi connectivity index (χ3v) is 3.20. The standard InChI is InChI=1S/C17H14N2O2/c20-16-11-13-7-5-4-6-12(13)10-15(16)17(21)19-18-14-8-2-1-3-9-14/h1-11,18,20H,(H,19,21). The zero-order chi connectivity index (χ0) is 14.7. The zero-order valence-electron chi connectivity index (χ0n) is 11.2. The summed E-state index contributed by atoms with van der Waals surface area (Å²) in [5.41, 5.74) is 6.38. The summed E-state index contributed by atoms with van der Waals surface area (Å²) in [7, 11) is 0. The minimum absolute atomic E-state index is 0.0407. The van der Waals surface area contributed by atoms with Crippen molar-refractivity contribution in [3.05, 3.63) is 72.3 Å². The van der Waals surface area contributed by atoms with Crippen molar-refractivity contribution in [2.75, 3.05) is 5.43 Å². The van der Waals surface area contributed by atoms with Gasteiger partial charge in [-0.25, -0.2) is 0 Å². The maximum Gasteiger partial charge on any atom is 0.273 e. The fourth-order valence-electron chi connectivity index (χ4n) is 2.13. The second kappa shape index (κ2) is 5.54. The molecule has 0 aliphatic rings. The molecule has 0 aromatic heterocycles. The van der Waals surface area contributed by atoms with Gasteiger partial charge in [-0.15, -0.1) is 0 Å². The Balaban J connectivity index is 1.82. The lowest BCUT2D eigenvalue weighted by molar-refractivity contribution is 0.0960. The summed E-state index contributed by atoms with van der Waals surface area (Å²) in [5, 5.41) is 11.8. The van der Waals surface area contributed by atoms with E-state index in [9.17, 15) is 9.90 Å². The number of nitrogens with one attached hydrogen (secondary N) is 2. The van der Waals surface area contributed by atoms with Crippen LogP contribution in [0.25, 0.3) is 10.8 Å². The molecule has 3 N–H and O–H groups in total. The number of anilines is 1. The number of phenolic OH excluding ortho intramolecular Hbond substituents is 1. The van der Waals surface area contributed by atoms with Gasteiger partial charge in [0, 0.05) is 0 Å². The number of fused-ring (bicyclic) bond motifs is 1. The van der Waals surface area contributed by atoms with Gasteiger partial charge in [0.25, 0.3) is 5.91 Å². The highest BCUT2D eigenvalue weighted by Crippen LogP contribution is 2.24. The summed E-state index contributed by atoms with van der Waals surface area (Å²) in [5.74, 6) is -0.428. The number of carbonyl (C=O) groups excluding carboxylic acids is 1. The number of hydrogen-bond donors (Lipinski definition) is 3. The minimum atomic E-state index is -0.387. The minimum Gasteiger partial charge on any atom is -0.507 e. The lowest BCUT2D eigenvalue weighted by atomic mass is 10.1. The predicted octanol–water partition coefficient (Wildman–Crippen LogP) is 3.30. The summed E-state index contributed by atoms with van der Waals surface area (Å²) in [6.07, 6.45) is 0. The summed E-state index contributed by atoms with van der Waals surface area (Å²) in [6.45, 7) is 0. The lowest BCUT2D eigenvalue weighted by Crippen LogP contribution is -2.29. The van der Waals surface area contributed by atoms with Crippen LogP contribution < -0.4 is 10.9 Å². The number of para-hydroxylation sites is 1. The van der Waals surface area contributed by atoms with E-state index in [2.05, 4.69) is 10.9 Å². The van der Waals surface area contributed by atoms with Crippen LogP contribution in [0, 0.1) is 0 Å². The molecule has 3 aromatic carbocycles. The van der Waals surface area contributed by atoms with Gasteiger partial charge in [0.1, 0.15) is 5.75 Å². The van der Waals surface area contributed by atoms with Gasteiger partial charge >= 0.3 is 0 Å². The number of hydrogen-bond acceptors (Lipinski definition) is 3. The molecule has 0 radical (unpaired) electrons. The topological polar surface area (TPSA) is 61.4 Å². The molecule has 3 rings (SSSR count). The third kappa shape index (κ3) is 2.79. The molecule has 0 aliphatic carbocycles. The fourth-order valence-corrected chi connectivity index (χ4v) is 2.13. The summed E-state index contributed by atoms with van der Waals surface area (Å²) in [6, 6.07) is 20.1. The predicted molar refractivity (Wildman–Crippen MR) is 83.1 cm³/mol. The van der Waals surface area contributed by atoms with E-state index < -0.39 is 0 Å². The number of phenols is 1. The molecule has 21 heavy (non-hydrogen) atoms. The quantitative estimate of drug-likeness (QED) is 0.644. The van der Waals surface area contributed by atoms with Gasteiger partial charge in [0.2, 0.25) is 0 Å². The van der Waals surface area contributed by atoms with Crippen molar-refractivity contribution < 1.29 is 9.90 Å². The molecule has 1 amide bonds. The van der Waals surface area contributed by atoms with Gasteiger partial charge < -0.3 is 5.11 Å². The summed E-state index contributed by atoms with van der Waals surface area (Å²) < 4.78 is 0. The SMILES string of the molecule is O=C(NNc1ccccc1)c1cc2ccccc2cc1O. The largest absolute Gasteiger partial charge is 0.507 e. The van der Waals surface area contributed by atoms with Gasteiger partial charge in [-0.2, -0.15) is 0 Å². The van der Waals surface area contributed by atoms with Crippen molar-refractivity contribution in [2.24, 2.45) is 0 Å². The first-order valence-electron chi connectivity index (χ1n) is 6.57. The second-order valence-corrected chi connectivity index (χ2v) is 4.66. The van der Waals surface area contributed by atoms with Crippen LogP contribution in [-0.2, 0) is 0 Å². The van der Waals surface area contributed by atoms with E-state index in [1.165, 1.54) is 0 Å². The summed E-state index contributed by atoms with van der Waals surface area (Å²) >= 11 is 0. The molecular formula is C17H14N2O2. The highest BCUT2D eigenvalue weighted by molar-refractivity contribution is 6.01. The first-order chi connectivity index (χ1) is 10.2. The van der Waals surface area contributed by atoms with Crippen LogP contribution in [0.5, 0.6) is 5.75 Å². The molecule has 4 heteroatoms. The highest BCUT2D eigenvalue weighted by Gasteiger charge is 2.12. The lowest BCUT2D eigenvalue weighted by Gasteiger charge is -2.10. The maximum absolute atomic E-state index is 12.1. The van der Waals surface area contributed by atoms with Crippen LogP contribution in [-0.4, -0.2) is 11.0 Å². The van der Waals surface area contributed by atoms with E-state index in [1.807, 2.05) is 54.6 Å². The average molecular weight is 278 g/mol. The van der Waals surface area contributed by atoms with E-state index in [0.29, 0.717) is 0 Å². The van der Waals surface area contributed by atoms with Crippen LogP contribution in [0.15, 0.2) is 66.7 Å². The molecule has 0 aliphatic heterocycles. The van der Waals surface area contributed by atoms with Crippen molar-refractivity contribution in [1.29, 1.82) is 0 Å². The Morgan fingerprint density at radius 2 is 1.48 bits per heavy atom. The Bertz CT molecular complexity index is 785. The number of hydrazine groups is 1. The molecule has 0 atom stereocenters. The fraction of sp³-hybridized carbons (Fsp3) is 0. The van der Waals surface area contributed by atoms with Crippen LogP contribution in [0.2, 0.25) is 0 Å². The Morgan fingerprint density at radius 3 is 2.19 bits per heavy atom. The Morgan fingerprint density at radius 1 is 0.857 bits per heavy atom. The molecule has 0 spiro atoms.